The average molecular weight is 772 g/mol. The molecule has 0 spiro atoms. The summed E-state index contributed by atoms with van der Waals surface area (Å²) in [7, 11) is -2.97. The van der Waals surface area contributed by atoms with Crippen molar-refractivity contribution in [1.29, 1.82) is 0 Å². The minimum atomic E-state index is -2.97. The summed E-state index contributed by atoms with van der Waals surface area (Å²) in [5.74, 6) is 0.156. The molecule has 0 saturated heterocycles. The van der Waals surface area contributed by atoms with Crippen LogP contribution in [0.3, 0.4) is 0 Å². The van der Waals surface area contributed by atoms with Gasteiger partial charge in [-0.1, -0.05) is 194 Å². The highest BCUT2D eigenvalue weighted by Gasteiger charge is 2.44. The van der Waals surface area contributed by atoms with E-state index in [4.69, 9.17) is 0 Å². The number of thiophene rings is 1. The molecule has 2 aromatic heterocycles. The zero-order valence-electron chi connectivity index (χ0n) is 31.7. The quantitative estimate of drug-likeness (QED) is 0.117. The van der Waals surface area contributed by atoms with Gasteiger partial charge in [-0.3, -0.25) is 0 Å². The van der Waals surface area contributed by atoms with Crippen LogP contribution in [0.2, 0.25) is 0 Å². The Kier molecular flexibility index (Phi) is 7.56. The zero-order chi connectivity index (χ0) is 38.2. The predicted molar refractivity (Wildman–Crippen MR) is 250 cm³/mol. The molecule has 272 valence electrons. The lowest BCUT2D eigenvalue weighted by molar-refractivity contribution is 1.02. The second kappa shape index (κ2) is 13.1. The number of para-hydroxylation sites is 3. The monoisotopic (exact) mass is 771 g/mol. The third-order valence-corrected chi connectivity index (χ3v) is 18.6. The van der Waals surface area contributed by atoms with Gasteiger partial charge in [0.15, 0.2) is 8.07 Å². The van der Waals surface area contributed by atoms with E-state index >= 15 is 0 Å². The Morgan fingerprint density at radius 3 is 1.78 bits per heavy atom. The lowest BCUT2D eigenvalue weighted by atomic mass is 9.89. The molecule has 1 atom stereocenters. The predicted octanol–water partition coefficient (Wildman–Crippen LogP) is 11.7. The fourth-order valence-electron chi connectivity index (χ4n) is 10.3. The van der Waals surface area contributed by atoms with E-state index in [1.165, 1.54) is 96.2 Å². The first-order valence-electron chi connectivity index (χ1n) is 20.1. The van der Waals surface area contributed by atoms with Crippen molar-refractivity contribution in [3.05, 3.63) is 235 Å². The minimum absolute atomic E-state index is 0.156. The summed E-state index contributed by atoms with van der Waals surface area (Å²) < 4.78 is 5.26. The molecule has 0 aliphatic heterocycles. The highest BCUT2D eigenvalue weighted by atomic mass is 32.1. The second-order valence-electron chi connectivity index (χ2n) is 15.5. The van der Waals surface area contributed by atoms with E-state index in [2.05, 4.69) is 223 Å². The molecule has 0 radical (unpaired) electrons. The van der Waals surface area contributed by atoms with Crippen LogP contribution in [0, 0.1) is 0 Å². The third kappa shape index (κ3) is 4.75. The van der Waals surface area contributed by atoms with E-state index in [-0.39, 0.29) is 5.92 Å². The van der Waals surface area contributed by atoms with E-state index in [1.54, 1.807) is 0 Å². The normalized spacial score (nSPS) is 13.7. The number of hydrogen-bond donors (Lipinski definition) is 0. The molecule has 0 N–H and O–H groups in total. The van der Waals surface area contributed by atoms with Crippen LogP contribution in [-0.4, -0.2) is 12.6 Å². The van der Waals surface area contributed by atoms with Gasteiger partial charge >= 0.3 is 0 Å². The van der Waals surface area contributed by atoms with Crippen LogP contribution in [0.25, 0.3) is 58.8 Å². The molecule has 11 aromatic rings. The Bertz CT molecular complexity index is 3290. The smallest absolute Gasteiger partial charge is 0.181 e. The van der Waals surface area contributed by atoms with Crippen LogP contribution in [-0.2, 0) is 0 Å². The maximum atomic E-state index is 2.52. The van der Waals surface area contributed by atoms with Crippen LogP contribution in [0.1, 0.15) is 22.6 Å². The first-order chi connectivity index (χ1) is 28.8. The fraction of sp³-hybridized carbons (Fsp3) is 0.0182. The van der Waals surface area contributed by atoms with Crippen LogP contribution >= 0.6 is 11.3 Å². The molecule has 1 aliphatic carbocycles. The van der Waals surface area contributed by atoms with E-state index < -0.39 is 8.07 Å². The van der Waals surface area contributed by atoms with Crippen LogP contribution in [0.5, 0.6) is 0 Å². The summed E-state index contributed by atoms with van der Waals surface area (Å²) in [6.45, 7) is 0. The average Bonchev–Trinajstić information content (AvgIpc) is 3.96. The minimum Gasteiger partial charge on any atom is -0.309 e. The van der Waals surface area contributed by atoms with Gasteiger partial charge in [0.25, 0.3) is 0 Å². The number of aromatic nitrogens is 1. The molecule has 12 rings (SSSR count). The van der Waals surface area contributed by atoms with Gasteiger partial charge < -0.3 is 4.57 Å². The molecular weight excluding hydrogens is 735 g/mol. The number of rotatable bonds is 6. The lowest BCUT2D eigenvalue weighted by Crippen LogP contribution is -2.75. The Morgan fingerprint density at radius 2 is 1.02 bits per heavy atom. The topological polar surface area (TPSA) is 4.93 Å². The van der Waals surface area contributed by atoms with Crippen molar-refractivity contribution in [2.45, 2.75) is 5.92 Å². The Hall–Kier alpha value is -6.78. The van der Waals surface area contributed by atoms with Crippen molar-refractivity contribution in [3.8, 4) is 16.8 Å². The third-order valence-electron chi connectivity index (χ3n) is 12.6. The Balaban J connectivity index is 1.13. The highest BCUT2D eigenvalue weighted by Crippen LogP contribution is 2.53. The molecule has 9 aromatic carbocycles. The summed E-state index contributed by atoms with van der Waals surface area (Å²) in [6.07, 6.45) is 0. The molecule has 58 heavy (non-hydrogen) atoms. The first-order valence-corrected chi connectivity index (χ1v) is 23.0. The Labute approximate surface area is 342 Å². The van der Waals surface area contributed by atoms with Crippen LogP contribution < -0.4 is 20.7 Å². The van der Waals surface area contributed by atoms with E-state index in [0.717, 1.165) is 0 Å². The summed E-state index contributed by atoms with van der Waals surface area (Å²) in [6, 6.07) is 82.2. The van der Waals surface area contributed by atoms with Gasteiger partial charge in [0.05, 0.1) is 11.0 Å². The summed E-state index contributed by atoms with van der Waals surface area (Å²) >= 11 is 1.93. The van der Waals surface area contributed by atoms with E-state index in [9.17, 15) is 0 Å². The van der Waals surface area contributed by atoms with Gasteiger partial charge in [0, 0.05) is 48.1 Å². The van der Waals surface area contributed by atoms with Crippen LogP contribution in [0.15, 0.2) is 218 Å². The zero-order valence-corrected chi connectivity index (χ0v) is 33.5. The van der Waals surface area contributed by atoms with Gasteiger partial charge in [0.1, 0.15) is 0 Å². The molecule has 0 fully saturated rings. The SMILES string of the molecule is c1ccc(-n2c3ccccc3c3cccc([Si](c4ccccc4)(c4ccccc4)c4ccc(C5c6ccccc6-c6c5ccc5c6sc6ccccc65)cc4)c32)cc1. The molecule has 1 nitrogen and oxygen atoms in total. The van der Waals surface area contributed by atoms with Crippen molar-refractivity contribution < 1.29 is 0 Å². The summed E-state index contributed by atoms with van der Waals surface area (Å²) in [5, 5.41) is 10.8. The summed E-state index contributed by atoms with van der Waals surface area (Å²) in [5.41, 5.74) is 10.6. The summed E-state index contributed by atoms with van der Waals surface area (Å²) in [4.78, 5) is 0. The molecule has 0 bridgehead atoms. The number of fused-ring (bicyclic) bond motifs is 10. The van der Waals surface area contributed by atoms with Crippen molar-refractivity contribution in [2.24, 2.45) is 0 Å². The van der Waals surface area contributed by atoms with Gasteiger partial charge in [-0.2, -0.15) is 0 Å². The number of hydrogen-bond acceptors (Lipinski definition) is 1. The van der Waals surface area contributed by atoms with Gasteiger partial charge in [-0.05, 0) is 67.3 Å². The van der Waals surface area contributed by atoms with Gasteiger partial charge in [-0.25, -0.2) is 0 Å². The Morgan fingerprint density at radius 1 is 0.414 bits per heavy atom. The van der Waals surface area contributed by atoms with Crippen LogP contribution in [0.4, 0.5) is 0 Å². The van der Waals surface area contributed by atoms with Gasteiger partial charge in [0.2, 0.25) is 0 Å². The molecule has 1 aliphatic rings. The van der Waals surface area contributed by atoms with E-state index in [1.807, 2.05) is 11.3 Å². The first kappa shape index (κ1) is 33.4. The maximum absolute atomic E-state index is 2.97. The van der Waals surface area contributed by atoms with Gasteiger partial charge in [-0.15, -0.1) is 11.3 Å². The fourth-order valence-corrected chi connectivity index (χ4v) is 16.5. The lowest BCUT2D eigenvalue weighted by Gasteiger charge is -2.35. The standard InChI is InChI=1S/C55H37NSSi/c1-4-17-38(18-5-1)56-49-28-14-12-23-42(49)46-27-16-30-51(54(46)56)58(39-19-6-2-7-20-39,40-21-8-3-9-22-40)41-33-31-37(32-34-41)52-44-25-10-11-26-45(44)53-48(52)36-35-47-43-24-13-15-29-50(43)57-55(47)53/h1-36,52H. The molecule has 3 heteroatoms. The molecule has 0 saturated carbocycles. The molecule has 2 heterocycles. The van der Waals surface area contributed by atoms with E-state index in [0.29, 0.717) is 0 Å². The van der Waals surface area contributed by atoms with Crippen molar-refractivity contribution >= 4 is 82.1 Å². The second-order valence-corrected chi connectivity index (χ2v) is 20.3. The molecule has 0 amide bonds. The number of benzene rings is 9. The van der Waals surface area contributed by atoms with Crippen molar-refractivity contribution in [1.82, 2.24) is 4.57 Å². The maximum Gasteiger partial charge on any atom is 0.181 e. The number of nitrogens with zero attached hydrogens (tertiary/aromatic N) is 1. The van der Waals surface area contributed by atoms with Crippen molar-refractivity contribution in [2.75, 3.05) is 0 Å². The molecule has 1 unspecified atom stereocenters. The highest BCUT2D eigenvalue weighted by molar-refractivity contribution is 7.26. The van der Waals surface area contributed by atoms with Crippen molar-refractivity contribution in [3.63, 3.8) is 0 Å². The molecular formula is C55H37NSSi. The largest absolute Gasteiger partial charge is 0.309 e.